The third kappa shape index (κ3) is 4.74. The summed E-state index contributed by atoms with van der Waals surface area (Å²) in [6.45, 7) is 0. The molecule has 2 N–H and O–H groups in total. The topological polar surface area (TPSA) is 50.4 Å². The SMILES string of the molecule is COC(=O)c1c(NC(=S)Nc2cccc(Cl)c2Cl)sc2c1CCCCCC2. The van der Waals surface area contributed by atoms with Gasteiger partial charge in [-0.05, 0) is 55.6 Å². The van der Waals surface area contributed by atoms with Gasteiger partial charge in [-0.25, -0.2) is 4.79 Å². The first-order valence-corrected chi connectivity index (χ1v) is 10.7. The summed E-state index contributed by atoms with van der Waals surface area (Å²) in [7, 11) is 1.40. The monoisotopic (exact) mass is 442 g/mol. The summed E-state index contributed by atoms with van der Waals surface area (Å²) in [4.78, 5) is 13.7. The molecule has 1 aromatic heterocycles. The summed E-state index contributed by atoms with van der Waals surface area (Å²) in [5.74, 6) is -0.334. The Bertz CT molecular complexity index is 868. The third-order valence-corrected chi connectivity index (χ3v) is 6.72. The lowest BCUT2D eigenvalue weighted by Gasteiger charge is -2.13. The third-order valence-electron chi connectivity index (χ3n) is 4.49. The van der Waals surface area contributed by atoms with Crippen LogP contribution in [0.1, 0.15) is 46.5 Å². The molecule has 4 nitrogen and oxygen atoms in total. The van der Waals surface area contributed by atoms with Crippen molar-refractivity contribution in [2.24, 2.45) is 0 Å². The van der Waals surface area contributed by atoms with E-state index in [1.54, 1.807) is 29.5 Å². The molecule has 0 saturated heterocycles. The van der Waals surface area contributed by atoms with Crippen LogP contribution in [0.2, 0.25) is 10.0 Å². The normalized spacial score (nSPS) is 13.9. The minimum atomic E-state index is -0.334. The Morgan fingerprint density at radius 3 is 2.63 bits per heavy atom. The number of fused-ring (bicyclic) bond motifs is 1. The van der Waals surface area contributed by atoms with E-state index in [4.69, 9.17) is 40.2 Å². The van der Waals surface area contributed by atoms with Crippen molar-refractivity contribution in [2.45, 2.75) is 38.5 Å². The van der Waals surface area contributed by atoms with Gasteiger partial charge in [-0.1, -0.05) is 42.1 Å². The summed E-state index contributed by atoms with van der Waals surface area (Å²) in [6.07, 6.45) is 6.49. The number of ether oxygens (including phenoxy) is 1. The highest BCUT2D eigenvalue weighted by molar-refractivity contribution is 7.80. The van der Waals surface area contributed by atoms with E-state index in [2.05, 4.69) is 10.6 Å². The largest absolute Gasteiger partial charge is 0.465 e. The fraction of sp³-hybridized carbons (Fsp3) is 0.368. The van der Waals surface area contributed by atoms with Gasteiger partial charge in [0.2, 0.25) is 0 Å². The quantitative estimate of drug-likeness (QED) is 0.430. The average molecular weight is 443 g/mol. The molecule has 0 amide bonds. The zero-order valence-corrected chi connectivity index (χ0v) is 18.0. The van der Waals surface area contributed by atoms with Gasteiger partial charge in [-0.15, -0.1) is 11.3 Å². The average Bonchev–Trinajstić information content (AvgIpc) is 2.94. The van der Waals surface area contributed by atoms with Crippen LogP contribution in [0.25, 0.3) is 0 Å². The number of hydrogen-bond donors (Lipinski definition) is 2. The lowest BCUT2D eigenvalue weighted by molar-refractivity contribution is 0.0601. The molecule has 0 spiro atoms. The Kier molecular flexibility index (Phi) is 6.98. The minimum Gasteiger partial charge on any atom is -0.465 e. The van der Waals surface area contributed by atoms with Crippen molar-refractivity contribution in [1.82, 2.24) is 0 Å². The van der Waals surface area contributed by atoms with Crippen LogP contribution in [-0.2, 0) is 17.6 Å². The van der Waals surface area contributed by atoms with Crippen molar-refractivity contribution < 1.29 is 9.53 Å². The van der Waals surface area contributed by atoms with Gasteiger partial charge < -0.3 is 15.4 Å². The zero-order chi connectivity index (χ0) is 19.4. The Labute approximate surface area is 178 Å². The number of halogens is 2. The van der Waals surface area contributed by atoms with Crippen LogP contribution < -0.4 is 10.6 Å². The number of rotatable bonds is 3. The molecule has 2 aromatic rings. The number of thiocarbonyl (C=S) groups is 1. The van der Waals surface area contributed by atoms with Gasteiger partial charge in [0.25, 0.3) is 0 Å². The van der Waals surface area contributed by atoms with Crippen LogP contribution in [0.5, 0.6) is 0 Å². The molecule has 1 aliphatic rings. The van der Waals surface area contributed by atoms with Crippen LogP contribution in [0.3, 0.4) is 0 Å². The number of esters is 1. The number of nitrogens with one attached hydrogen (secondary N) is 2. The molecule has 1 heterocycles. The molecule has 1 aliphatic carbocycles. The fourth-order valence-electron chi connectivity index (χ4n) is 3.18. The van der Waals surface area contributed by atoms with Crippen LogP contribution in [0.4, 0.5) is 10.7 Å². The number of methoxy groups -OCH3 is 1. The number of benzene rings is 1. The maximum absolute atomic E-state index is 12.4. The smallest absolute Gasteiger partial charge is 0.341 e. The molecule has 0 unspecified atom stereocenters. The van der Waals surface area contributed by atoms with Crippen molar-refractivity contribution in [1.29, 1.82) is 0 Å². The minimum absolute atomic E-state index is 0.334. The van der Waals surface area contributed by atoms with Crippen molar-refractivity contribution >= 4 is 68.5 Å². The highest BCUT2D eigenvalue weighted by Gasteiger charge is 2.25. The Morgan fingerprint density at radius 2 is 1.89 bits per heavy atom. The summed E-state index contributed by atoms with van der Waals surface area (Å²) in [6, 6.07) is 5.28. The van der Waals surface area contributed by atoms with E-state index >= 15 is 0 Å². The highest BCUT2D eigenvalue weighted by atomic mass is 35.5. The van der Waals surface area contributed by atoms with Gasteiger partial charge in [0.15, 0.2) is 5.11 Å². The molecule has 0 atom stereocenters. The summed E-state index contributed by atoms with van der Waals surface area (Å²) < 4.78 is 5.03. The molecule has 0 aliphatic heterocycles. The number of hydrogen-bond acceptors (Lipinski definition) is 4. The van der Waals surface area contributed by atoms with E-state index in [0.717, 1.165) is 31.2 Å². The van der Waals surface area contributed by atoms with Gasteiger partial charge in [0, 0.05) is 4.88 Å². The number of anilines is 2. The lowest BCUT2D eigenvalue weighted by Crippen LogP contribution is -2.20. The van der Waals surface area contributed by atoms with Gasteiger partial charge in [-0.3, -0.25) is 0 Å². The Morgan fingerprint density at radius 1 is 1.15 bits per heavy atom. The van der Waals surface area contributed by atoms with Crippen LogP contribution in [0.15, 0.2) is 18.2 Å². The molecule has 0 fully saturated rings. The van der Waals surface area contributed by atoms with Crippen LogP contribution in [0, 0.1) is 0 Å². The van der Waals surface area contributed by atoms with Gasteiger partial charge in [0.05, 0.1) is 28.4 Å². The number of aryl methyl sites for hydroxylation is 1. The van der Waals surface area contributed by atoms with Crippen LogP contribution >= 0.6 is 46.8 Å². The molecule has 0 saturated carbocycles. The maximum atomic E-state index is 12.4. The van der Waals surface area contributed by atoms with E-state index < -0.39 is 0 Å². The molecule has 3 rings (SSSR count). The van der Waals surface area contributed by atoms with Crippen molar-refractivity contribution in [3.8, 4) is 0 Å². The van der Waals surface area contributed by atoms with Gasteiger partial charge >= 0.3 is 5.97 Å². The summed E-state index contributed by atoms with van der Waals surface area (Å²) in [5, 5.41) is 8.10. The molecule has 0 radical (unpaired) electrons. The second-order valence-corrected chi connectivity index (χ2v) is 8.59. The molecular weight excluding hydrogens is 423 g/mol. The number of thiophene rings is 1. The van der Waals surface area contributed by atoms with Crippen LogP contribution in [-0.4, -0.2) is 18.2 Å². The zero-order valence-electron chi connectivity index (χ0n) is 14.9. The van der Waals surface area contributed by atoms with Crippen molar-refractivity contribution in [2.75, 3.05) is 17.7 Å². The van der Waals surface area contributed by atoms with Gasteiger partial charge in [0.1, 0.15) is 5.00 Å². The van der Waals surface area contributed by atoms with Crippen molar-refractivity contribution in [3.63, 3.8) is 0 Å². The molecule has 8 heteroatoms. The Hall–Kier alpha value is -1.34. The standard InChI is InChI=1S/C19H20Cl2N2O2S2/c1-25-18(24)15-11-7-4-2-3-5-10-14(11)27-17(15)23-19(26)22-13-9-6-8-12(20)16(13)21/h6,8-9H,2-5,7,10H2,1H3,(H2,22,23,26). The predicted molar refractivity (Wildman–Crippen MR) is 118 cm³/mol. The lowest BCUT2D eigenvalue weighted by atomic mass is 9.96. The predicted octanol–water partition coefficient (Wildman–Crippen LogP) is 6.31. The molecular formula is C19H20Cl2N2O2S2. The van der Waals surface area contributed by atoms with Gasteiger partial charge in [-0.2, -0.15) is 0 Å². The van der Waals surface area contributed by atoms with E-state index in [9.17, 15) is 4.79 Å². The van der Waals surface area contributed by atoms with E-state index in [1.807, 2.05) is 0 Å². The van der Waals surface area contributed by atoms with E-state index in [0.29, 0.717) is 31.4 Å². The first-order valence-electron chi connectivity index (χ1n) is 8.76. The Balaban J connectivity index is 1.87. The first kappa shape index (κ1) is 20.4. The molecule has 1 aromatic carbocycles. The number of carbonyl (C=O) groups excluding carboxylic acids is 1. The molecule has 27 heavy (non-hydrogen) atoms. The molecule has 0 bridgehead atoms. The summed E-state index contributed by atoms with van der Waals surface area (Å²) in [5.41, 5.74) is 2.30. The maximum Gasteiger partial charge on any atom is 0.341 e. The number of carbonyl (C=O) groups is 1. The second-order valence-electron chi connectivity index (χ2n) is 6.29. The molecule has 144 valence electrons. The second kappa shape index (κ2) is 9.24. The summed E-state index contributed by atoms with van der Waals surface area (Å²) >= 11 is 19.3. The van der Waals surface area contributed by atoms with Crippen molar-refractivity contribution in [3.05, 3.63) is 44.2 Å². The van der Waals surface area contributed by atoms with E-state index in [1.165, 1.54) is 24.8 Å². The van der Waals surface area contributed by atoms with E-state index in [-0.39, 0.29) is 5.97 Å². The first-order chi connectivity index (χ1) is 13.0. The highest BCUT2D eigenvalue weighted by Crippen LogP contribution is 2.38. The fourth-order valence-corrected chi connectivity index (χ4v) is 5.09.